The molecular formula is C16H15N3O. The number of para-hydroxylation sites is 1. The lowest BCUT2D eigenvalue weighted by Crippen LogP contribution is -2.11. The summed E-state index contributed by atoms with van der Waals surface area (Å²) in [5.74, 6) is -0.127. The molecule has 4 N–H and O–H groups in total. The molecule has 4 nitrogen and oxygen atoms in total. The highest BCUT2D eigenvalue weighted by Crippen LogP contribution is 2.23. The number of H-pyrrole nitrogens is 1. The van der Waals surface area contributed by atoms with Crippen molar-refractivity contribution in [2.75, 3.05) is 5.32 Å². The predicted octanol–water partition coefficient (Wildman–Crippen LogP) is 2.88. The molecular weight excluding hydrogens is 250 g/mol. The van der Waals surface area contributed by atoms with Gasteiger partial charge in [0.25, 0.3) is 5.91 Å². The quantitative estimate of drug-likeness (QED) is 0.681. The number of carbonyl (C=O) groups excluding carboxylic acids is 1. The van der Waals surface area contributed by atoms with E-state index < -0.39 is 0 Å². The van der Waals surface area contributed by atoms with E-state index >= 15 is 0 Å². The Kier molecular flexibility index (Phi) is 3.23. The highest BCUT2D eigenvalue weighted by molar-refractivity contribution is 6.08. The molecule has 0 aliphatic carbocycles. The van der Waals surface area contributed by atoms with E-state index in [1.807, 2.05) is 36.4 Å². The maximum Gasteiger partial charge on any atom is 0.255 e. The summed E-state index contributed by atoms with van der Waals surface area (Å²) in [6, 6.07) is 15.1. The molecule has 0 saturated heterocycles. The van der Waals surface area contributed by atoms with Crippen molar-refractivity contribution in [3.63, 3.8) is 0 Å². The molecule has 0 saturated carbocycles. The Hall–Kier alpha value is -2.59. The second kappa shape index (κ2) is 5.19. The number of nitrogens with one attached hydrogen (secondary N) is 2. The van der Waals surface area contributed by atoms with Crippen molar-refractivity contribution in [3.8, 4) is 0 Å². The number of fused-ring (bicyclic) bond motifs is 1. The van der Waals surface area contributed by atoms with E-state index in [2.05, 4.69) is 10.3 Å². The number of hydrogen-bond donors (Lipinski definition) is 3. The molecule has 20 heavy (non-hydrogen) atoms. The summed E-state index contributed by atoms with van der Waals surface area (Å²) >= 11 is 0. The van der Waals surface area contributed by atoms with Crippen molar-refractivity contribution < 1.29 is 4.79 Å². The number of hydrogen-bond acceptors (Lipinski definition) is 2. The molecule has 2 aromatic carbocycles. The number of anilines is 1. The van der Waals surface area contributed by atoms with Gasteiger partial charge in [0.15, 0.2) is 0 Å². The van der Waals surface area contributed by atoms with Crippen molar-refractivity contribution in [1.82, 2.24) is 4.98 Å². The number of aromatic nitrogens is 1. The van der Waals surface area contributed by atoms with E-state index in [-0.39, 0.29) is 5.91 Å². The van der Waals surface area contributed by atoms with Crippen LogP contribution in [0.4, 0.5) is 5.69 Å². The zero-order chi connectivity index (χ0) is 13.9. The first kappa shape index (κ1) is 12.4. The van der Waals surface area contributed by atoms with Crippen LogP contribution in [-0.4, -0.2) is 10.9 Å². The van der Waals surface area contributed by atoms with Gasteiger partial charge in [-0.05, 0) is 23.8 Å². The third-order valence-electron chi connectivity index (χ3n) is 3.29. The van der Waals surface area contributed by atoms with Crippen molar-refractivity contribution in [2.45, 2.75) is 6.54 Å². The van der Waals surface area contributed by atoms with Crippen LogP contribution in [0.25, 0.3) is 10.9 Å². The summed E-state index contributed by atoms with van der Waals surface area (Å²) in [7, 11) is 0. The van der Waals surface area contributed by atoms with Gasteiger partial charge in [-0.2, -0.15) is 0 Å². The molecule has 0 fully saturated rings. The van der Waals surface area contributed by atoms with Crippen LogP contribution in [-0.2, 0) is 6.54 Å². The van der Waals surface area contributed by atoms with Gasteiger partial charge in [-0.15, -0.1) is 0 Å². The average Bonchev–Trinajstić information content (AvgIpc) is 2.91. The standard InChI is InChI=1S/C16H15N3O/c17-9-11-5-7-12(8-6-11)16(20)19-15-10-18-14-4-2-1-3-13(14)15/h1-8,10,18H,9,17H2,(H,19,20). The molecule has 3 aromatic rings. The zero-order valence-corrected chi connectivity index (χ0v) is 10.9. The van der Waals surface area contributed by atoms with E-state index in [1.165, 1.54) is 0 Å². The second-order valence-electron chi connectivity index (χ2n) is 4.60. The highest BCUT2D eigenvalue weighted by Gasteiger charge is 2.09. The maximum atomic E-state index is 12.2. The normalized spacial score (nSPS) is 10.7. The molecule has 0 unspecified atom stereocenters. The van der Waals surface area contributed by atoms with Gasteiger partial charge < -0.3 is 16.0 Å². The largest absolute Gasteiger partial charge is 0.359 e. The Morgan fingerprint density at radius 2 is 1.85 bits per heavy atom. The Morgan fingerprint density at radius 1 is 1.10 bits per heavy atom. The molecule has 0 spiro atoms. The Labute approximate surface area is 116 Å². The average molecular weight is 265 g/mol. The fourth-order valence-electron chi connectivity index (χ4n) is 2.16. The summed E-state index contributed by atoms with van der Waals surface area (Å²) in [4.78, 5) is 15.3. The number of aromatic amines is 1. The Bertz CT molecular complexity index is 744. The van der Waals surface area contributed by atoms with Crippen molar-refractivity contribution >= 4 is 22.5 Å². The van der Waals surface area contributed by atoms with Crippen LogP contribution >= 0.6 is 0 Å². The van der Waals surface area contributed by atoms with Gasteiger partial charge in [-0.25, -0.2) is 0 Å². The van der Waals surface area contributed by atoms with E-state index in [0.717, 1.165) is 22.2 Å². The van der Waals surface area contributed by atoms with E-state index in [9.17, 15) is 4.79 Å². The molecule has 100 valence electrons. The van der Waals surface area contributed by atoms with Crippen LogP contribution in [0.1, 0.15) is 15.9 Å². The third-order valence-corrected chi connectivity index (χ3v) is 3.29. The monoisotopic (exact) mass is 265 g/mol. The van der Waals surface area contributed by atoms with Gasteiger partial charge >= 0.3 is 0 Å². The van der Waals surface area contributed by atoms with Gasteiger partial charge in [0.05, 0.1) is 5.69 Å². The van der Waals surface area contributed by atoms with Crippen LogP contribution in [0.3, 0.4) is 0 Å². The van der Waals surface area contributed by atoms with Crippen molar-refractivity contribution in [1.29, 1.82) is 0 Å². The molecule has 0 aliphatic heterocycles. The molecule has 1 heterocycles. The van der Waals surface area contributed by atoms with Gasteiger partial charge in [0, 0.05) is 29.2 Å². The summed E-state index contributed by atoms with van der Waals surface area (Å²) in [5, 5.41) is 3.92. The van der Waals surface area contributed by atoms with Crippen LogP contribution in [0.2, 0.25) is 0 Å². The minimum atomic E-state index is -0.127. The lowest BCUT2D eigenvalue weighted by molar-refractivity contribution is 0.102. The minimum Gasteiger partial charge on any atom is -0.359 e. The van der Waals surface area contributed by atoms with Gasteiger partial charge in [0.2, 0.25) is 0 Å². The third kappa shape index (κ3) is 2.29. The SMILES string of the molecule is NCc1ccc(C(=O)Nc2c[nH]c3ccccc23)cc1. The molecule has 3 rings (SSSR count). The van der Waals surface area contributed by atoms with E-state index in [1.54, 1.807) is 18.3 Å². The molecule has 0 radical (unpaired) electrons. The fraction of sp³-hybridized carbons (Fsp3) is 0.0625. The lowest BCUT2D eigenvalue weighted by Gasteiger charge is -2.04. The first-order valence-electron chi connectivity index (χ1n) is 6.44. The highest BCUT2D eigenvalue weighted by atomic mass is 16.1. The Morgan fingerprint density at radius 3 is 2.60 bits per heavy atom. The van der Waals surface area contributed by atoms with Gasteiger partial charge in [-0.1, -0.05) is 30.3 Å². The smallest absolute Gasteiger partial charge is 0.255 e. The fourth-order valence-corrected chi connectivity index (χ4v) is 2.16. The predicted molar refractivity (Wildman–Crippen MR) is 80.6 cm³/mol. The number of amides is 1. The molecule has 1 amide bonds. The van der Waals surface area contributed by atoms with Crippen LogP contribution in [0, 0.1) is 0 Å². The number of nitrogens with two attached hydrogens (primary N) is 1. The van der Waals surface area contributed by atoms with Crippen molar-refractivity contribution in [3.05, 3.63) is 65.9 Å². The molecule has 0 atom stereocenters. The summed E-state index contributed by atoms with van der Waals surface area (Å²) in [6.45, 7) is 0.477. The van der Waals surface area contributed by atoms with E-state index in [4.69, 9.17) is 5.73 Å². The lowest BCUT2D eigenvalue weighted by atomic mass is 10.1. The molecule has 1 aromatic heterocycles. The van der Waals surface area contributed by atoms with Crippen LogP contribution in [0.15, 0.2) is 54.7 Å². The molecule has 0 bridgehead atoms. The van der Waals surface area contributed by atoms with Crippen LogP contribution < -0.4 is 11.1 Å². The summed E-state index contributed by atoms with van der Waals surface area (Å²) in [6.07, 6.45) is 1.80. The van der Waals surface area contributed by atoms with Crippen LogP contribution in [0.5, 0.6) is 0 Å². The number of rotatable bonds is 3. The minimum absolute atomic E-state index is 0.127. The van der Waals surface area contributed by atoms with E-state index in [0.29, 0.717) is 12.1 Å². The number of carbonyl (C=O) groups is 1. The number of benzene rings is 2. The zero-order valence-electron chi connectivity index (χ0n) is 10.9. The summed E-state index contributed by atoms with van der Waals surface area (Å²) in [5.41, 5.74) is 8.96. The second-order valence-corrected chi connectivity index (χ2v) is 4.60. The first-order valence-corrected chi connectivity index (χ1v) is 6.44. The maximum absolute atomic E-state index is 12.2. The van der Waals surface area contributed by atoms with Gasteiger partial charge in [-0.3, -0.25) is 4.79 Å². The first-order chi connectivity index (χ1) is 9.78. The van der Waals surface area contributed by atoms with Gasteiger partial charge in [0.1, 0.15) is 0 Å². The topological polar surface area (TPSA) is 70.9 Å². The molecule has 0 aliphatic rings. The van der Waals surface area contributed by atoms with Crippen molar-refractivity contribution in [2.24, 2.45) is 5.73 Å². The Balaban J connectivity index is 1.84. The summed E-state index contributed by atoms with van der Waals surface area (Å²) < 4.78 is 0. The molecule has 4 heteroatoms.